The van der Waals surface area contributed by atoms with Crippen molar-refractivity contribution >= 4 is 28.8 Å². The minimum absolute atomic E-state index is 0.0694. The van der Waals surface area contributed by atoms with Crippen LogP contribution in [0.1, 0.15) is 39.2 Å². The maximum Gasteiger partial charge on any atom is 0.250 e. The van der Waals surface area contributed by atoms with E-state index >= 15 is 0 Å². The van der Waals surface area contributed by atoms with Crippen molar-refractivity contribution in [1.29, 1.82) is 0 Å². The summed E-state index contributed by atoms with van der Waals surface area (Å²) in [6.07, 6.45) is 4.26. The first-order valence-electron chi connectivity index (χ1n) is 16.3. The summed E-state index contributed by atoms with van der Waals surface area (Å²) < 4.78 is 8.55. The topological polar surface area (TPSA) is 121 Å². The Morgan fingerprint density at radius 3 is 2.40 bits per heavy atom. The predicted octanol–water partition coefficient (Wildman–Crippen LogP) is 3.40. The number of aliphatic hydroxyl groups is 1. The van der Waals surface area contributed by atoms with Crippen LogP contribution in [-0.4, -0.2) is 95.5 Å². The van der Waals surface area contributed by atoms with E-state index in [4.69, 9.17) is 4.74 Å². The summed E-state index contributed by atoms with van der Waals surface area (Å²) in [6, 6.07) is 15.5. The second-order valence-corrected chi connectivity index (χ2v) is 13.5. The fourth-order valence-corrected chi connectivity index (χ4v) is 8.11. The maximum atomic E-state index is 14.9. The van der Waals surface area contributed by atoms with E-state index < -0.39 is 35.1 Å². The Bertz CT molecular complexity index is 1670. The summed E-state index contributed by atoms with van der Waals surface area (Å²) in [5.41, 5.74) is 0.219. The molecule has 0 radical (unpaired) electrons. The largest absolute Gasteiger partial charge is 0.394 e. The molecule has 0 saturated carbocycles. The molecule has 6 rings (SSSR count). The number of carbonyl (C=O) groups excluding carboxylic acids is 3. The maximum absolute atomic E-state index is 14.9. The normalized spacial score (nSPS) is 26.9. The number of aliphatic hydroxyl groups excluding tert-OH is 1. The number of benzene rings is 2. The van der Waals surface area contributed by atoms with E-state index in [2.05, 4.69) is 23.5 Å². The molecular formula is C36H44N6O5. The number of hydrogen-bond acceptors (Lipinski definition) is 7. The van der Waals surface area contributed by atoms with Crippen molar-refractivity contribution < 1.29 is 24.2 Å². The van der Waals surface area contributed by atoms with Crippen LogP contribution in [0.25, 0.3) is 11.0 Å². The third-order valence-electron chi connectivity index (χ3n) is 10.3. The molecule has 1 aromatic heterocycles. The highest BCUT2D eigenvalue weighted by atomic mass is 16.5. The molecule has 3 aliphatic rings. The van der Waals surface area contributed by atoms with Crippen LogP contribution in [0.2, 0.25) is 0 Å². The van der Waals surface area contributed by atoms with Crippen LogP contribution in [0.15, 0.2) is 79.9 Å². The highest BCUT2D eigenvalue weighted by Gasteiger charge is 2.79. The lowest BCUT2D eigenvalue weighted by atomic mass is 9.66. The summed E-state index contributed by atoms with van der Waals surface area (Å²) in [4.78, 5) is 49.2. The van der Waals surface area contributed by atoms with Gasteiger partial charge >= 0.3 is 0 Å². The molecule has 1 N–H and O–H groups in total. The van der Waals surface area contributed by atoms with Gasteiger partial charge in [-0.25, -0.2) is 4.68 Å². The Kier molecular flexibility index (Phi) is 8.80. The van der Waals surface area contributed by atoms with Crippen LogP contribution in [-0.2, 0) is 32.3 Å². The van der Waals surface area contributed by atoms with Gasteiger partial charge in [-0.2, -0.15) is 0 Å². The van der Waals surface area contributed by atoms with Gasteiger partial charge in [0, 0.05) is 19.6 Å². The second-order valence-electron chi connectivity index (χ2n) is 13.5. The molecule has 3 amide bonds. The van der Waals surface area contributed by atoms with E-state index in [0.29, 0.717) is 31.4 Å². The molecular weight excluding hydrogens is 596 g/mol. The van der Waals surface area contributed by atoms with E-state index in [1.165, 1.54) is 4.90 Å². The minimum Gasteiger partial charge on any atom is -0.394 e. The van der Waals surface area contributed by atoms with Crippen molar-refractivity contribution in [1.82, 2.24) is 29.7 Å². The summed E-state index contributed by atoms with van der Waals surface area (Å²) in [6.45, 7) is 14.1. The van der Waals surface area contributed by atoms with Crippen molar-refractivity contribution in [3.63, 3.8) is 0 Å². The van der Waals surface area contributed by atoms with Crippen molar-refractivity contribution in [2.24, 2.45) is 17.8 Å². The van der Waals surface area contributed by atoms with Gasteiger partial charge in [-0.15, -0.1) is 18.3 Å². The number of rotatable bonds is 13. The van der Waals surface area contributed by atoms with E-state index in [1.54, 1.807) is 26.6 Å². The summed E-state index contributed by atoms with van der Waals surface area (Å²) in [5.74, 6) is -2.75. The molecule has 11 nitrogen and oxygen atoms in total. The first kappa shape index (κ1) is 32.6. The molecule has 0 aliphatic carbocycles. The van der Waals surface area contributed by atoms with Gasteiger partial charge in [-0.3, -0.25) is 14.4 Å². The summed E-state index contributed by atoms with van der Waals surface area (Å²) in [7, 11) is 0. The molecule has 3 saturated heterocycles. The number of fused-ring (bicyclic) bond motifs is 2. The lowest BCUT2D eigenvalue weighted by molar-refractivity contribution is -0.158. The van der Waals surface area contributed by atoms with Crippen molar-refractivity contribution in [2.45, 2.75) is 70.1 Å². The zero-order chi connectivity index (χ0) is 33.5. The number of amides is 3. The highest BCUT2D eigenvalue weighted by Crippen LogP contribution is 2.64. The van der Waals surface area contributed by atoms with Gasteiger partial charge in [0.2, 0.25) is 17.7 Å². The lowest BCUT2D eigenvalue weighted by Crippen LogP contribution is -2.59. The standard InChI is InChI=1S/C36H44N6O5/c1-6-19-39(21-25-13-9-8-10-14-25)32(44)29-30-33(45)42(28(22-43)24(3)4)31(36(30)18-17-35(29,5)47-36)34(46)40(20-7-2)23-41-27-16-12-11-15-26(27)37-38-41/h6-16,24,28-31,43H,1-2,17-23H2,3-5H3/t28-,29-,30-,31?,35+,36?/m0/s1. The highest BCUT2D eigenvalue weighted by molar-refractivity contribution is 5.99. The number of aromatic nitrogens is 3. The molecule has 2 unspecified atom stereocenters. The molecule has 2 aromatic carbocycles. The van der Waals surface area contributed by atoms with E-state index in [-0.39, 0.29) is 43.5 Å². The van der Waals surface area contributed by atoms with Crippen LogP contribution in [0.4, 0.5) is 0 Å². The van der Waals surface area contributed by atoms with Gasteiger partial charge in [0.1, 0.15) is 23.8 Å². The second kappa shape index (κ2) is 12.7. The Hall–Kier alpha value is -4.35. The SMILES string of the molecule is C=CCN(Cn1nnc2ccccc21)C(=O)C1N([C@@H](CO)C(C)C)C(=O)[C@@H]2[C@@H](C(=O)N(CC=C)Cc3ccccc3)[C@@]3(C)CCC12O3. The molecule has 6 atom stereocenters. The van der Waals surface area contributed by atoms with Gasteiger partial charge in [-0.1, -0.05) is 73.7 Å². The van der Waals surface area contributed by atoms with Gasteiger partial charge in [0.15, 0.2) is 0 Å². The number of ether oxygens (including phenoxy) is 1. The first-order chi connectivity index (χ1) is 22.6. The van der Waals surface area contributed by atoms with Crippen LogP contribution >= 0.6 is 0 Å². The third-order valence-corrected chi connectivity index (χ3v) is 10.3. The minimum atomic E-state index is -1.25. The molecule has 47 heavy (non-hydrogen) atoms. The Morgan fingerprint density at radius 1 is 1.04 bits per heavy atom. The zero-order valence-corrected chi connectivity index (χ0v) is 27.4. The zero-order valence-electron chi connectivity index (χ0n) is 27.4. The van der Waals surface area contributed by atoms with E-state index in [0.717, 1.165) is 11.1 Å². The quantitative estimate of drug-likeness (QED) is 0.285. The molecule has 11 heteroatoms. The average Bonchev–Trinajstić information content (AvgIpc) is 3.76. The van der Waals surface area contributed by atoms with Gasteiger partial charge in [0.25, 0.3) is 0 Å². The number of nitrogens with zero attached hydrogens (tertiary/aromatic N) is 6. The predicted molar refractivity (Wildman–Crippen MR) is 176 cm³/mol. The first-order valence-corrected chi connectivity index (χ1v) is 16.3. The van der Waals surface area contributed by atoms with E-state index in [1.807, 2.05) is 75.4 Å². The van der Waals surface area contributed by atoms with Crippen LogP contribution < -0.4 is 0 Å². The average molecular weight is 641 g/mol. The molecule has 3 fully saturated rings. The number of likely N-dealkylation sites (tertiary alicyclic amines) is 1. The lowest BCUT2D eigenvalue weighted by Gasteiger charge is -2.40. The van der Waals surface area contributed by atoms with Gasteiger partial charge in [0.05, 0.1) is 35.6 Å². The number of carbonyl (C=O) groups is 3. The van der Waals surface area contributed by atoms with Crippen molar-refractivity contribution in [2.75, 3.05) is 19.7 Å². The Labute approximate surface area is 275 Å². The summed E-state index contributed by atoms with van der Waals surface area (Å²) in [5, 5.41) is 19.2. The van der Waals surface area contributed by atoms with Crippen molar-refractivity contribution in [3.8, 4) is 0 Å². The third kappa shape index (κ3) is 5.35. The van der Waals surface area contributed by atoms with Crippen LogP contribution in [0, 0.1) is 17.8 Å². The molecule has 4 heterocycles. The fraction of sp³-hybridized carbons (Fsp3) is 0.472. The monoisotopic (exact) mass is 640 g/mol. The molecule has 2 bridgehead atoms. The molecule has 3 aliphatic heterocycles. The number of para-hydroxylation sites is 1. The van der Waals surface area contributed by atoms with Crippen LogP contribution in [0.3, 0.4) is 0 Å². The summed E-state index contributed by atoms with van der Waals surface area (Å²) >= 11 is 0. The van der Waals surface area contributed by atoms with Gasteiger partial charge in [-0.05, 0) is 43.4 Å². The van der Waals surface area contributed by atoms with E-state index in [9.17, 15) is 19.5 Å². The Balaban J connectivity index is 1.41. The van der Waals surface area contributed by atoms with Crippen LogP contribution in [0.5, 0.6) is 0 Å². The Morgan fingerprint density at radius 2 is 1.72 bits per heavy atom. The molecule has 3 aromatic rings. The fourth-order valence-electron chi connectivity index (χ4n) is 8.11. The van der Waals surface area contributed by atoms with Crippen molar-refractivity contribution in [3.05, 3.63) is 85.5 Å². The smallest absolute Gasteiger partial charge is 0.250 e. The molecule has 1 spiro atoms. The molecule has 248 valence electrons. The number of hydrogen-bond donors (Lipinski definition) is 1. The van der Waals surface area contributed by atoms with Gasteiger partial charge < -0.3 is 24.5 Å².